The van der Waals surface area contributed by atoms with Crippen LogP contribution in [0.1, 0.15) is 24.8 Å². The van der Waals surface area contributed by atoms with Gasteiger partial charge in [-0.15, -0.1) is 11.8 Å². The van der Waals surface area contributed by atoms with Crippen LogP contribution in [0.25, 0.3) is 0 Å². The smallest absolute Gasteiger partial charge is 0.322 e. The van der Waals surface area contributed by atoms with Crippen molar-refractivity contribution in [3.8, 4) is 11.5 Å². The Hall–Kier alpha value is -1.40. The number of carboxylic acids is 1. The molecule has 1 fully saturated rings. The Bertz CT molecular complexity index is 518. The first-order valence-corrected chi connectivity index (χ1v) is 7.15. The predicted molar refractivity (Wildman–Crippen MR) is 78.5 cm³/mol. The van der Waals surface area contributed by atoms with E-state index in [2.05, 4.69) is 5.32 Å². The summed E-state index contributed by atoms with van der Waals surface area (Å²) in [4.78, 5) is 11.3. The molecule has 0 bridgehead atoms. The van der Waals surface area contributed by atoms with Crippen LogP contribution in [0.3, 0.4) is 0 Å². The summed E-state index contributed by atoms with van der Waals surface area (Å²) in [6.45, 7) is 3.87. The average Bonchev–Trinajstić information content (AvgIpc) is 2.73. The number of aliphatic carboxylic acids is 1. The molecule has 0 amide bonds. The molecule has 0 radical (unpaired) electrons. The number of nitrogens with one attached hydrogen (secondary N) is 1. The molecule has 1 saturated heterocycles. The lowest BCUT2D eigenvalue weighted by Crippen LogP contribution is -2.43. The van der Waals surface area contributed by atoms with Gasteiger partial charge in [0.25, 0.3) is 0 Å². The van der Waals surface area contributed by atoms with Crippen molar-refractivity contribution in [3.63, 3.8) is 0 Å². The lowest BCUT2D eigenvalue weighted by molar-refractivity contribution is -0.139. The quantitative estimate of drug-likeness (QED) is 0.888. The predicted octanol–water partition coefficient (Wildman–Crippen LogP) is 2.27. The molecule has 0 aromatic heterocycles. The number of ether oxygens (including phenoxy) is 2. The number of hydrogen-bond acceptors (Lipinski definition) is 5. The highest BCUT2D eigenvalue weighted by Crippen LogP contribution is 2.46. The first kappa shape index (κ1) is 15.0. The van der Waals surface area contributed by atoms with Crippen molar-refractivity contribution in [1.82, 2.24) is 5.32 Å². The summed E-state index contributed by atoms with van der Waals surface area (Å²) in [5, 5.41) is 12.4. The van der Waals surface area contributed by atoms with Crippen molar-refractivity contribution in [2.75, 3.05) is 14.2 Å². The number of carboxylic acid groups (broad SMARTS) is 1. The summed E-state index contributed by atoms with van der Waals surface area (Å²) in [7, 11) is 3.17. The number of rotatable bonds is 4. The fraction of sp³-hybridized carbons (Fsp3) is 0.500. The van der Waals surface area contributed by atoms with Gasteiger partial charge in [-0.25, -0.2) is 0 Å². The molecular formula is C14H19NO4S. The molecule has 0 spiro atoms. The summed E-state index contributed by atoms with van der Waals surface area (Å²) in [6.07, 6.45) is 0. The van der Waals surface area contributed by atoms with Crippen molar-refractivity contribution < 1.29 is 19.4 Å². The van der Waals surface area contributed by atoms with Crippen molar-refractivity contribution in [3.05, 3.63) is 23.8 Å². The molecule has 1 aromatic rings. The lowest BCUT2D eigenvalue weighted by Gasteiger charge is -2.20. The van der Waals surface area contributed by atoms with E-state index in [4.69, 9.17) is 9.47 Å². The third-order valence-electron chi connectivity index (χ3n) is 3.39. The minimum atomic E-state index is -0.828. The minimum absolute atomic E-state index is 0.0779. The Kier molecular flexibility index (Phi) is 4.15. The van der Waals surface area contributed by atoms with Gasteiger partial charge in [0, 0.05) is 4.75 Å². The molecule has 2 N–H and O–H groups in total. The monoisotopic (exact) mass is 297 g/mol. The van der Waals surface area contributed by atoms with Crippen molar-refractivity contribution >= 4 is 17.7 Å². The molecule has 1 aliphatic heterocycles. The molecule has 1 aliphatic rings. The minimum Gasteiger partial charge on any atom is -0.493 e. The fourth-order valence-electron chi connectivity index (χ4n) is 2.31. The van der Waals surface area contributed by atoms with Gasteiger partial charge in [0.15, 0.2) is 11.5 Å². The van der Waals surface area contributed by atoms with Gasteiger partial charge in [0.05, 0.1) is 19.6 Å². The third-order valence-corrected chi connectivity index (χ3v) is 4.88. The molecule has 5 nitrogen and oxygen atoms in total. The zero-order chi connectivity index (χ0) is 14.9. The van der Waals surface area contributed by atoms with E-state index in [0.717, 1.165) is 5.56 Å². The SMILES string of the molecule is COc1ccc(C2NC(C(=O)O)C(C)(C)S2)cc1OC. The van der Waals surface area contributed by atoms with Crippen LogP contribution >= 0.6 is 11.8 Å². The van der Waals surface area contributed by atoms with Crippen LogP contribution in [0, 0.1) is 0 Å². The maximum Gasteiger partial charge on any atom is 0.322 e. The van der Waals surface area contributed by atoms with E-state index in [9.17, 15) is 9.90 Å². The molecule has 1 aromatic carbocycles. The van der Waals surface area contributed by atoms with Crippen LogP contribution < -0.4 is 14.8 Å². The Morgan fingerprint density at radius 1 is 1.30 bits per heavy atom. The number of thioether (sulfide) groups is 1. The Morgan fingerprint density at radius 2 is 1.95 bits per heavy atom. The Morgan fingerprint density at radius 3 is 2.45 bits per heavy atom. The van der Waals surface area contributed by atoms with Crippen molar-refractivity contribution in [2.24, 2.45) is 0 Å². The van der Waals surface area contributed by atoms with Crippen molar-refractivity contribution in [1.29, 1.82) is 0 Å². The first-order chi connectivity index (χ1) is 9.39. The summed E-state index contributed by atoms with van der Waals surface area (Å²) >= 11 is 1.60. The van der Waals surface area contributed by atoms with Gasteiger partial charge in [-0.05, 0) is 31.5 Å². The average molecular weight is 297 g/mol. The van der Waals surface area contributed by atoms with Gasteiger partial charge in [-0.3, -0.25) is 10.1 Å². The van der Waals surface area contributed by atoms with Gasteiger partial charge in [-0.2, -0.15) is 0 Å². The van der Waals surface area contributed by atoms with E-state index in [1.54, 1.807) is 26.0 Å². The number of benzene rings is 1. The highest BCUT2D eigenvalue weighted by molar-refractivity contribution is 8.01. The standard InChI is InChI=1S/C14H19NO4S/c1-14(2)11(13(16)17)15-12(20-14)8-5-6-9(18-3)10(7-8)19-4/h5-7,11-12,15H,1-4H3,(H,16,17). The summed E-state index contributed by atoms with van der Waals surface area (Å²) in [5.74, 6) is 0.475. The van der Waals surface area contributed by atoms with Crippen molar-refractivity contribution in [2.45, 2.75) is 30.0 Å². The van der Waals surface area contributed by atoms with E-state index >= 15 is 0 Å². The molecule has 2 atom stereocenters. The van der Waals surface area contributed by atoms with E-state index in [0.29, 0.717) is 11.5 Å². The van der Waals surface area contributed by atoms with Crippen LogP contribution in [-0.4, -0.2) is 36.1 Å². The zero-order valence-corrected chi connectivity index (χ0v) is 12.8. The maximum atomic E-state index is 11.3. The zero-order valence-electron chi connectivity index (χ0n) is 12.0. The van der Waals surface area contributed by atoms with Crippen LogP contribution in [0.15, 0.2) is 18.2 Å². The van der Waals surface area contributed by atoms with Crippen LogP contribution in [0.4, 0.5) is 0 Å². The summed E-state index contributed by atoms with van der Waals surface area (Å²) in [5.41, 5.74) is 0.976. The normalized spacial score (nSPS) is 24.4. The summed E-state index contributed by atoms with van der Waals surface area (Å²) in [6, 6.07) is 5.05. The molecular weight excluding hydrogens is 278 g/mol. The van der Waals surface area contributed by atoms with E-state index < -0.39 is 12.0 Å². The summed E-state index contributed by atoms with van der Waals surface area (Å²) < 4.78 is 10.1. The van der Waals surface area contributed by atoms with E-state index in [1.807, 2.05) is 32.0 Å². The van der Waals surface area contributed by atoms with Gasteiger partial charge < -0.3 is 14.6 Å². The molecule has 0 aliphatic carbocycles. The highest BCUT2D eigenvalue weighted by atomic mass is 32.2. The largest absolute Gasteiger partial charge is 0.493 e. The van der Waals surface area contributed by atoms with E-state index in [-0.39, 0.29) is 10.1 Å². The second-order valence-corrected chi connectivity index (χ2v) is 6.91. The highest BCUT2D eigenvalue weighted by Gasteiger charge is 2.45. The van der Waals surface area contributed by atoms with Crippen LogP contribution in [0.2, 0.25) is 0 Å². The Labute approximate surface area is 122 Å². The molecule has 0 saturated carbocycles. The molecule has 6 heteroatoms. The van der Waals surface area contributed by atoms with Crippen LogP contribution in [-0.2, 0) is 4.79 Å². The molecule has 2 unspecified atom stereocenters. The number of methoxy groups -OCH3 is 2. The molecule has 1 heterocycles. The van der Waals surface area contributed by atoms with Gasteiger partial charge in [0.2, 0.25) is 0 Å². The van der Waals surface area contributed by atoms with Gasteiger partial charge >= 0.3 is 5.97 Å². The number of hydrogen-bond donors (Lipinski definition) is 2. The topological polar surface area (TPSA) is 67.8 Å². The molecule has 110 valence electrons. The Balaban J connectivity index is 2.28. The maximum absolute atomic E-state index is 11.3. The van der Waals surface area contributed by atoms with Gasteiger partial charge in [0.1, 0.15) is 6.04 Å². The van der Waals surface area contributed by atoms with Gasteiger partial charge in [-0.1, -0.05) is 6.07 Å². The second kappa shape index (κ2) is 5.54. The molecule has 2 rings (SSSR count). The lowest BCUT2D eigenvalue weighted by atomic mass is 10.0. The third kappa shape index (κ3) is 2.71. The fourth-order valence-corrected chi connectivity index (χ4v) is 3.71. The first-order valence-electron chi connectivity index (χ1n) is 6.27. The van der Waals surface area contributed by atoms with Crippen LogP contribution in [0.5, 0.6) is 11.5 Å². The van der Waals surface area contributed by atoms with E-state index in [1.165, 1.54) is 0 Å². The second-order valence-electron chi connectivity index (χ2n) is 5.15. The molecule has 20 heavy (non-hydrogen) atoms. The number of carbonyl (C=O) groups is 1.